The normalized spacial score (nSPS) is 12.4. The molecule has 1 unspecified atom stereocenters. The van der Waals surface area contributed by atoms with Crippen LogP contribution in [-0.4, -0.2) is 16.5 Å². The van der Waals surface area contributed by atoms with E-state index in [4.69, 9.17) is 0 Å². The zero-order valence-electron chi connectivity index (χ0n) is 9.60. The zero-order valence-corrected chi connectivity index (χ0v) is 9.60. The van der Waals surface area contributed by atoms with Crippen LogP contribution >= 0.6 is 0 Å². The van der Waals surface area contributed by atoms with E-state index in [-0.39, 0.29) is 11.9 Å². The molecule has 0 aromatic carbocycles. The molecule has 0 amide bonds. The molecule has 0 spiro atoms. The van der Waals surface area contributed by atoms with E-state index in [0.717, 1.165) is 12.1 Å². The summed E-state index contributed by atoms with van der Waals surface area (Å²) in [5.41, 5.74) is 1.54. The van der Waals surface area contributed by atoms with Gasteiger partial charge in [-0.3, -0.25) is 9.97 Å². The molecule has 0 radical (unpaired) electrons. The summed E-state index contributed by atoms with van der Waals surface area (Å²) in [7, 11) is 0. The van der Waals surface area contributed by atoms with Crippen LogP contribution in [0.15, 0.2) is 43.0 Å². The van der Waals surface area contributed by atoms with Gasteiger partial charge in [-0.25, -0.2) is 4.39 Å². The molecule has 0 aliphatic carbocycles. The van der Waals surface area contributed by atoms with Crippen molar-refractivity contribution in [2.45, 2.75) is 13.0 Å². The molecule has 17 heavy (non-hydrogen) atoms. The highest BCUT2D eigenvalue weighted by Gasteiger charge is 2.16. The van der Waals surface area contributed by atoms with E-state index in [1.807, 2.05) is 19.1 Å². The fourth-order valence-electron chi connectivity index (χ4n) is 1.78. The maximum atomic E-state index is 13.7. The number of aromatic nitrogens is 2. The molecular weight excluding hydrogens is 217 g/mol. The second kappa shape index (κ2) is 5.50. The smallest absolute Gasteiger partial charge is 0.146 e. The van der Waals surface area contributed by atoms with Crippen LogP contribution in [0.2, 0.25) is 0 Å². The quantitative estimate of drug-likeness (QED) is 0.877. The third kappa shape index (κ3) is 2.65. The number of nitrogens with one attached hydrogen (secondary N) is 1. The molecule has 0 aliphatic rings. The average Bonchev–Trinajstić information content (AvgIpc) is 2.38. The summed E-state index contributed by atoms with van der Waals surface area (Å²) in [4.78, 5) is 7.83. The first kappa shape index (κ1) is 11.7. The topological polar surface area (TPSA) is 37.8 Å². The third-order valence-corrected chi connectivity index (χ3v) is 2.54. The van der Waals surface area contributed by atoms with E-state index < -0.39 is 0 Å². The van der Waals surface area contributed by atoms with Gasteiger partial charge in [0, 0.05) is 24.2 Å². The fraction of sp³-hybridized carbons (Fsp3) is 0.231. The van der Waals surface area contributed by atoms with Crippen molar-refractivity contribution in [1.29, 1.82) is 0 Å². The zero-order chi connectivity index (χ0) is 12.1. The molecule has 1 N–H and O–H groups in total. The molecule has 2 rings (SSSR count). The molecule has 2 aromatic heterocycles. The predicted molar refractivity (Wildman–Crippen MR) is 64.0 cm³/mol. The molecule has 0 saturated heterocycles. The first-order chi connectivity index (χ1) is 8.33. The Hall–Kier alpha value is -1.81. The van der Waals surface area contributed by atoms with E-state index in [2.05, 4.69) is 15.3 Å². The van der Waals surface area contributed by atoms with Gasteiger partial charge in [0.25, 0.3) is 0 Å². The van der Waals surface area contributed by atoms with Crippen molar-refractivity contribution >= 4 is 0 Å². The highest BCUT2D eigenvalue weighted by molar-refractivity contribution is 5.29. The lowest BCUT2D eigenvalue weighted by atomic mass is 10.0. The molecular formula is C13H14FN3. The van der Waals surface area contributed by atoms with Crippen LogP contribution in [0.25, 0.3) is 0 Å². The van der Waals surface area contributed by atoms with E-state index >= 15 is 0 Å². The first-order valence-electron chi connectivity index (χ1n) is 5.55. The largest absolute Gasteiger partial charge is 0.306 e. The maximum absolute atomic E-state index is 13.7. The van der Waals surface area contributed by atoms with Crippen LogP contribution in [0.1, 0.15) is 24.1 Å². The number of halogens is 1. The molecule has 0 saturated carbocycles. The Bertz CT molecular complexity index is 473. The SMILES string of the molecule is CCNC(c1cccnc1)c1ccncc1F. The van der Waals surface area contributed by atoms with Crippen LogP contribution in [0.4, 0.5) is 4.39 Å². The van der Waals surface area contributed by atoms with Gasteiger partial charge in [0.1, 0.15) is 5.82 Å². The fourth-order valence-corrected chi connectivity index (χ4v) is 1.78. The lowest BCUT2D eigenvalue weighted by Crippen LogP contribution is -2.23. The van der Waals surface area contributed by atoms with Crippen LogP contribution in [0.3, 0.4) is 0 Å². The first-order valence-corrected chi connectivity index (χ1v) is 5.55. The van der Waals surface area contributed by atoms with Gasteiger partial charge in [-0.05, 0) is 24.2 Å². The summed E-state index contributed by atoms with van der Waals surface area (Å²) in [5.74, 6) is -0.303. The van der Waals surface area contributed by atoms with Gasteiger partial charge in [-0.15, -0.1) is 0 Å². The van der Waals surface area contributed by atoms with Gasteiger partial charge in [-0.2, -0.15) is 0 Å². The Morgan fingerprint density at radius 2 is 2.06 bits per heavy atom. The van der Waals surface area contributed by atoms with E-state index in [1.165, 1.54) is 6.20 Å². The van der Waals surface area contributed by atoms with Crippen molar-refractivity contribution < 1.29 is 4.39 Å². The summed E-state index contributed by atoms with van der Waals surface area (Å²) in [6.45, 7) is 2.74. The number of pyridine rings is 2. The summed E-state index contributed by atoms with van der Waals surface area (Å²) in [5, 5.41) is 3.25. The number of hydrogen-bond donors (Lipinski definition) is 1. The Labute approximate surface area is 99.7 Å². The molecule has 1 atom stereocenters. The van der Waals surface area contributed by atoms with Gasteiger partial charge < -0.3 is 5.32 Å². The molecule has 0 bridgehead atoms. The summed E-state index contributed by atoms with van der Waals surface area (Å²) in [6, 6.07) is 5.28. The number of nitrogens with zero attached hydrogens (tertiary/aromatic N) is 2. The summed E-state index contributed by atoms with van der Waals surface area (Å²) >= 11 is 0. The summed E-state index contributed by atoms with van der Waals surface area (Å²) in [6.07, 6.45) is 6.28. The minimum atomic E-state index is -0.303. The van der Waals surface area contributed by atoms with E-state index in [1.54, 1.807) is 24.7 Å². The Morgan fingerprint density at radius 1 is 1.24 bits per heavy atom. The standard InChI is InChI=1S/C13H14FN3/c1-2-17-13(10-4-3-6-15-8-10)11-5-7-16-9-12(11)14/h3-9,13,17H,2H2,1H3. The molecule has 2 heterocycles. The Morgan fingerprint density at radius 3 is 2.71 bits per heavy atom. The van der Waals surface area contributed by atoms with Crippen molar-refractivity contribution in [3.63, 3.8) is 0 Å². The highest BCUT2D eigenvalue weighted by atomic mass is 19.1. The van der Waals surface area contributed by atoms with Crippen molar-refractivity contribution in [3.8, 4) is 0 Å². The molecule has 4 heteroatoms. The van der Waals surface area contributed by atoms with Gasteiger partial charge in [-0.1, -0.05) is 13.0 Å². The number of rotatable bonds is 4. The molecule has 3 nitrogen and oxygen atoms in total. The molecule has 2 aromatic rings. The highest BCUT2D eigenvalue weighted by Crippen LogP contribution is 2.22. The Kier molecular flexibility index (Phi) is 3.77. The van der Waals surface area contributed by atoms with Gasteiger partial charge in [0.05, 0.1) is 12.2 Å². The van der Waals surface area contributed by atoms with Crippen molar-refractivity contribution in [2.75, 3.05) is 6.54 Å². The molecule has 0 aliphatic heterocycles. The second-order valence-electron chi connectivity index (χ2n) is 3.67. The van der Waals surface area contributed by atoms with Crippen LogP contribution in [-0.2, 0) is 0 Å². The molecule has 88 valence electrons. The summed E-state index contributed by atoms with van der Waals surface area (Å²) < 4.78 is 13.7. The molecule has 0 fully saturated rings. The predicted octanol–water partition coefficient (Wildman–Crippen LogP) is 2.31. The van der Waals surface area contributed by atoms with Crippen LogP contribution in [0, 0.1) is 5.82 Å². The lowest BCUT2D eigenvalue weighted by molar-refractivity contribution is 0.554. The van der Waals surface area contributed by atoms with Crippen LogP contribution in [0.5, 0.6) is 0 Å². The number of hydrogen-bond acceptors (Lipinski definition) is 3. The van der Waals surface area contributed by atoms with Gasteiger partial charge in [0.2, 0.25) is 0 Å². The van der Waals surface area contributed by atoms with E-state index in [0.29, 0.717) is 5.56 Å². The van der Waals surface area contributed by atoms with Gasteiger partial charge >= 0.3 is 0 Å². The minimum absolute atomic E-state index is 0.184. The average molecular weight is 231 g/mol. The van der Waals surface area contributed by atoms with Crippen molar-refractivity contribution in [1.82, 2.24) is 15.3 Å². The second-order valence-corrected chi connectivity index (χ2v) is 3.67. The van der Waals surface area contributed by atoms with E-state index in [9.17, 15) is 4.39 Å². The Balaban J connectivity index is 2.39. The van der Waals surface area contributed by atoms with Crippen molar-refractivity contribution in [3.05, 3.63) is 59.9 Å². The van der Waals surface area contributed by atoms with Crippen LogP contribution < -0.4 is 5.32 Å². The van der Waals surface area contributed by atoms with Gasteiger partial charge in [0.15, 0.2) is 0 Å². The monoisotopic (exact) mass is 231 g/mol. The van der Waals surface area contributed by atoms with Crippen molar-refractivity contribution in [2.24, 2.45) is 0 Å². The third-order valence-electron chi connectivity index (χ3n) is 2.54. The minimum Gasteiger partial charge on any atom is -0.306 e. The lowest BCUT2D eigenvalue weighted by Gasteiger charge is -2.18. The maximum Gasteiger partial charge on any atom is 0.146 e.